The first-order valence-corrected chi connectivity index (χ1v) is 2.90. The fourth-order valence-corrected chi connectivity index (χ4v) is 1.02. The molecule has 44 valence electrons. The van der Waals surface area contributed by atoms with Crippen molar-refractivity contribution in [3.63, 3.8) is 0 Å². The fourth-order valence-electron chi connectivity index (χ4n) is 1.02. The van der Waals surface area contributed by atoms with Gasteiger partial charge in [0, 0.05) is 0 Å². The highest BCUT2D eigenvalue weighted by Crippen LogP contribution is 2.28. The van der Waals surface area contributed by atoms with Crippen LogP contribution in [0.25, 0.3) is 0 Å². The monoisotopic (exact) mass is 111 g/mol. The zero-order valence-electron chi connectivity index (χ0n) is 4.85. The Bertz CT molecular complexity index is 135. The second-order valence-electron chi connectivity index (χ2n) is 2.47. The molecule has 0 amide bonds. The predicted molar refractivity (Wildman–Crippen MR) is 30.4 cm³/mol. The average molecular weight is 111 g/mol. The minimum Gasteiger partial charge on any atom is -0.361 e. The van der Waals surface area contributed by atoms with Gasteiger partial charge in [-0.15, -0.1) is 0 Å². The maximum atomic E-state index is 5.26. The molecule has 2 rings (SSSR count). The van der Waals surface area contributed by atoms with Gasteiger partial charge in [-0.05, 0) is 6.92 Å². The van der Waals surface area contributed by atoms with Crippen molar-refractivity contribution in [3.05, 3.63) is 12.2 Å². The van der Waals surface area contributed by atoms with Gasteiger partial charge in [0.05, 0.1) is 12.1 Å². The molecule has 0 bridgehead atoms. The molecule has 0 radical (unpaired) electrons. The zero-order chi connectivity index (χ0) is 5.61. The molecule has 2 nitrogen and oxygen atoms in total. The molecular formula is C6H9NO. The Balaban J connectivity index is 2.04. The zero-order valence-corrected chi connectivity index (χ0v) is 4.85. The summed E-state index contributed by atoms with van der Waals surface area (Å²) < 4.78 is 5.26. The number of rotatable bonds is 0. The third-order valence-corrected chi connectivity index (χ3v) is 1.61. The van der Waals surface area contributed by atoms with Gasteiger partial charge in [-0.1, -0.05) is 12.2 Å². The fraction of sp³-hybridized carbons (Fsp3) is 0.667. The highest BCUT2D eigenvalue weighted by Gasteiger charge is 2.40. The third kappa shape index (κ3) is 0.501. The van der Waals surface area contributed by atoms with Crippen LogP contribution in [0.4, 0.5) is 0 Å². The molecule has 0 saturated carbocycles. The minimum absolute atomic E-state index is 0.194. The van der Waals surface area contributed by atoms with Crippen molar-refractivity contribution in [2.24, 2.45) is 0 Å². The summed E-state index contributed by atoms with van der Waals surface area (Å²) in [5.41, 5.74) is 0.194. The van der Waals surface area contributed by atoms with Crippen LogP contribution in [0.15, 0.2) is 12.2 Å². The third-order valence-electron chi connectivity index (χ3n) is 1.61. The Morgan fingerprint density at radius 3 is 2.75 bits per heavy atom. The quantitative estimate of drug-likeness (QED) is 0.453. The van der Waals surface area contributed by atoms with Crippen LogP contribution < -0.4 is 5.32 Å². The van der Waals surface area contributed by atoms with Gasteiger partial charge in [0.1, 0.15) is 6.23 Å². The smallest absolute Gasteiger partial charge is 0.106 e. The highest BCUT2D eigenvalue weighted by molar-refractivity contribution is 5.35. The van der Waals surface area contributed by atoms with Crippen molar-refractivity contribution in [1.29, 1.82) is 0 Å². The van der Waals surface area contributed by atoms with Crippen LogP contribution in [0, 0.1) is 0 Å². The topological polar surface area (TPSA) is 21.3 Å². The van der Waals surface area contributed by atoms with E-state index in [9.17, 15) is 0 Å². The molecule has 1 aliphatic carbocycles. The number of hydrogen-bond acceptors (Lipinski definition) is 2. The summed E-state index contributed by atoms with van der Waals surface area (Å²) in [6.07, 6.45) is 4.51. The van der Waals surface area contributed by atoms with Crippen LogP contribution in [0.5, 0.6) is 0 Å². The molecule has 1 fully saturated rings. The summed E-state index contributed by atoms with van der Waals surface area (Å²) in [7, 11) is 0. The lowest BCUT2D eigenvalue weighted by Crippen LogP contribution is -2.31. The van der Waals surface area contributed by atoms with Gasteiger partial charge in [-0.2, -0.15) is 0 Å². The van der Waals surface area contributed by atoms with E-state index in [0.717, 1.165) is 6.61 Å². The van der Waals surface area contributed by atoms with Gasteiger partial charge in [-0.3, -0.25) is 5.32 Å². The second-order valence-corrected chi connectivity index (χ2v) is 2.47. The van der Waals surface area contributed by atoms with E-state index in [1.165, 1.54) is 0 Å². The van der Waals surface area contributed by atoms with E-state index < -0.39 is 0 Å². The molecule has 2 heteroatoms. The summed E-state index contributed by atoms with van der Waals surface area (Å²) in [6, 6.07) is 0. The molecule has 0 aromatic carbocycles. The standard InChI is InChI=1S/C6H9NO/c1-5-7-6(2-3-6)4-8-5/h2-3,5,7H,4H2,1H3. The number of nitrogens with one attached hydrogen (secondary N) is 1. The van der Waals surface area contributed by atoms with Crippen LogP contribution in [0.2, 0.25) is 0 Å². The van der Waals surface area contributed by atoms with E-state index in [0.29, 0.717) is 0 Å². The Kier molecular flexibility index (Phi) is 0.648. The van der Waals surface area contributed by atoms with E-state index in [-0.39, 0.29) is 11.8 Å². The molecule has 1 spiro atoms. The van der Waals surface area contributed by atoms with Crippen molar-refractivity contribution in [2.75, 3.05) is 6.61 Å². The van der Waals surface area contributed by atoms with Crippen molar-refractivity contribution in [1.82, 2.24) is 5.32 Å². The van der Waals surface area contributed by atoms with E-state index in [1.54, 1.807) is 0 Å². The second kappa shape index (κ2) is 1.14. The van der Waals surface area contributed by atoms with E-state index in [1.807, 2.05) is 6.92 Å². The van der Waals surface area contributed by atoms with Gasteiger partial charge in [-0.25, -0.2) is 0 Å². The molecule has 0 aromatic rings. The van der Waals surface area contributed by atoms with Gasteiger partial charge < -0.3 is 4.74 Å². The SMILES string of the molecule is CC1NC2(C=C2)CO1. The summed E-state index contributed by atoms with van der Waals surface area (Å²) in [5, 5.41) is 3.27. The van der Waals surface area contributed by atoms with Crippen LogP contribution in [0.3, 0.4) is 0 Å². The Morgan fingerprint density at radius 1 is 1.75 bits per heavy atom. The van der Waals surface area contributed by atoms with Crippen LogP contribution in [-0.4, -0.2) is 18.4 Å². The van der Waals surface area contributed by atoms with Crippen molar-refractivity contribution in [2.45, 2.75) is 18.7 Å². The Labute approximate surface area is 48.5 Å². The van der Waals surface area contributed by atoms with Crippen LogP contribution in [-0.2, 0) is 4.74 Å². The molecule has 1 aliphatic heterocycles. The van der Waals surface area contributed by atoms with Crippen molar-refractivity contribution in [3.8, 4) is 0 Å². The molecule has 1 saturated heterocycles. The summed E-state index contributed by atoms with van der Waals surface area (Å²) in [6.45, 7) is 2.85. The lowest BCUT2D eigenvalue weighted by Gasteiger charge is -2.03. The highest BCUT2D eigenvalue weighted by atomic mass is 16.5. The van der Waals surface area contributed by atoms with Crippen LogP contribution in [0.1, 0.15) is 6.92 Å². The van der Waals surface area contributed by atoms with E-state index >= 15 is 0 Å². The van der Waals surface area contributed by atoms with Crippen molar-refractivity contribution >= 4 is 0 Å². The summed E-state index contributed by atoms with van der Waals surface area (Å²) in [4.78, 5) is 0. The summed E-state index contributed by atoms with van der Waals surface area (Å²) >= 11 is 0. The first-order valence-electron chi connectivity index (χ1n) is 2.90. The van der Waals surface area contributed by atoms with E-state index in [4.69, 9.17) is 4.74 Å². The molecule has 2 aliphatic rings. The maximum absolute atomic E-state index is 5.26. The molecule has 0 aromatic heterocycles. The number of ether oxygens (including phenoxy) is 1. The summed E-state index contributed by atoms with van der Waals surface area (Å²) in [5.74, 6) is 0. The number of hydrogen-bond donors (Lipinski definition) is 1. The average Bonchev–Trinajstić information content (AvgIpc) is 2.34. The first-order chi connectivity index (χ1) is 3.81. The maximum Gasteiger partial charge on any atom is 0.106 e. The lowest BCUT2D eigenvalue weighted by atomic mass is 10.3. The Hall–Kier alpha value is -0.340. The Morgan fingerprint density at radius 2 is 2.50 bits per heavy atom. The first kappa shape index (κ1) is 4.53. The van der Waals surface area contributed by atoms with Gasteiger partial charge >= 0.3 is 0 Å². The molecule has 1 N–H and O–H groups in total. The van der Waals surface area contributed by atoms with Crippen LogP contribution >= 0.6 is 0 Å². The normalized spacial score (nSPS) is 38.9. The molecule has 1 heterocycles. The predicted octanol–water partition coefficient (Wildman–Crippen LogP) is 0.261. The molecule has 1 atom stereocenters. The van der Waals surface area contributed by atoms with Crippen molar-refractivity contribution < 1.29 is 4.74 Å². The van der Waals surface area contributed by atoms with Gasteiger partial charge in [0.2, 0.25) is 0 Å². The van der Waals surface area contributed by atoms with Gasteiger partial charge in [0.15, 0.2) is 0 Å². The van der Waals surface area contributed by atoms with E-state index in [2.05, 4.69) is 17.5 Å². The minimum atomic E-state index is 0.194. The lowest BCUT2D eigenvalue weighted by molar-refractivity contribution is 0.115. The molecule has 1 unspecified atom stereocenters. The largest absolute Gasteiger partial charge is 0.361 e. The van der Waals surface area contributed by atoms with Gasteiger partial charge in [0.25, 0.3) is 0 Å². The molecular weight excluding hydrogens is 102 g/mol. The molecule has 8 heavy (non-hydrogen) atoms.